The molecule has 0 aromatic heterocycles. The first kappa shape index (κ1) is 14.2. The van der Waals surface area contributed by atoms with Gasteiger partial charge in [-0.1, -0.05) is 49.1 Å². The number of aliphatic hydroxyl groups is 1. The standard InChI is InChI=1S/C16H26O/c1-14-9-8-11-15(13-14)10-6-4-5-7-12-16(2,3)17/h8-9,11,13,17H,4-7,10,12H2,1-3H3. The van der Waals surface area contributed by atoms with Gasteiger partial charge in [-0.05, 0) is 45.6 Å². The van der Waals surface area contributed by atoms with Crippen LogP contribution in [0.25, 0.3) is 0 Å². The molecule has 1 N–H and O–H groups in total. The Kier molecular flexibility index (Phi) is 5.70. The van der Waals surface area contributed by atoms with E-state index < -0.39 is 5.60 Å². The highest BCUT2D eigenvalue weighted by Gasteiger charge is 2.10. The fourth-order valence-corrected chi connectivity index (χ4v) is 2.11. The summed E-state index contributed by atoms with van der Waals surface area (Å²) in [6, 6.07) is 8.77. The van der Waals surface area contributed by atoms with Crippen molar-refractivity contribution in [3.8, 4) is 0 Å². The molecule has 0 aliphatic heterocycles. The van der Waals surface area contributed by atoms with Gasteiger partial charge in [0, 0.05) is 0 Å². The van der Waals surface area contributed by atoms with E-state index in [1.54, 1.807) is 0 Å². The second-order valence-electron chi connectivity index (χ2n) is 5.72. The number of benzene rings is 1. The van der Waals surface area contributed by atoms with Crippen molar-refractivity contribution in [1.82, 2.24) is 0 Å². The fraction of sp³-hybridized carbons (Fsp3) is 0.625. The van der Waals surface area contributed by atoms with Gasteiger partial charge in [-0.15, -0.1) is 0 Å². The molecular formula is C16H26O. The van der Waals surface area contributed by atoms with Crippen LogP contribution < -0.4 is 0 Å². The Morgan fingerprint density at radius 2 is 1.76 bits per heavy atom. The summed E-state index contributed by atoms with van der Waals surface area (Å²) in [4.78, 5) is 0. The van der Waals surface area contributed by atoms with Gasteiger partial charge in [0.25, 0.3) is 0 Å². The van der Waals surface area contributed by atoms with E-state index in [1.165, 1.54) is 36.8 Å². The minimum Gasteiger partial charge on any atom is -0.390 e. The van der Waals surface area contributed by atoms with E-state index >= 15 is 0 Å². The van der Waals surface area contributed by atoms with Gasteiger partial charge in [0.2, 0.25) is 0 Å². The molecular weight excluding hydrogens is 208 g/mol. The van der Waals surface area contributed by atoms with Crippen molar-refractivity contribution in [2.75, 3.05) is 0 Å². The van der Waals surface area contributed by atoms with Crippen molar-refractivity contribution >= 4 is 0 Å². The molecule has 0 saturated carbocycles. The zero-order valence-electron chi connectivity index (χ0n) is 11.5. The zero-order chi connectivity index (χ0) is 12.7. The second kappa shape index (κ2) is 6.80. The summed E-state index contributed by atoms with van der Waals surface area (Å²) in [5.41, 5.74) is 2.31. The molecule has 0 saturated heterocycles. The molecule has 0 spiro atoms. The third-order valence-electron chi connectivity index (χ3n) is 3.09. The molecule has 1 nitrogen and oxygen atoms in total. The van der Waals surface area contributed by atoms with Crippen LogP contribution >= 0.6 is 0 Å². The van der Waals surface area contributed by atoms with E-state index in [-0.39, 0.29) is 0 Å². The summed E-state index contributed by atoms with van der Waals surface area (Å²) in [5, 5.41) is 9.58. The molecule has 96 valence electrons. The molecule has 1 aromatic carbocycles. The van der Waals surface area contributed by atoms with Crippen LogP contribution in [0.3, 0.4) is 0 Å². The summed E-state index contributed by atoms with van der Waals surface area (Å²) >= 11 is 0. The lowest BCUT2D eigenvalue weighted by atomic mass is 9.99. The Bertz CT molecular complexity index is 323. The van der Waals surface area contributed by atoms with Crippen LogP contribution in [0.4, 0.5) is 0 Å². The molecule has 17 heavy (non-hydrogen) atoms. The SMILES string of the molecule is Cc1cccc(CCCCCCC(C)(C)O)c1. The molecule has 0 heterocycles. The number of aryl methyl sites for hydroxylation is 2. The smallest absolute Gasteiger partial charge is 0.0591 e. The summed E-state index contributed by atoms with van der Waals surface area (Å²) in [6.45, 7) is 5.92. The van der Waals surface area contributed by atoms with Gasteiger partial charge in [-0.25, -0.2) is 0 Å². The number of unbranched alkanes of at least 4 members (excludes halogenated alkanes) is 3. The highest BCUT2D eigenvalue weighted by Crippen LogP contribution is 2.15. The van der Waals surface area contributed by atoms with Crippen LogP contribution in [0.2, 0.25) is 0 Å². The lowest BCUT2D eigenvalue weighted by Gasteiger charge is -2.16. The molecule has 0 aliphatic rings. The van der Waals surface area contributed by atoms with Crippen molar-refractivity contribution in [3.63, 3.8) is 0 Å². The van der Waals surface area contributed by atoms with Crippen LogP contribution in [0.5, 0.6) is 0 Å². The first-order chi connectivity index (χ1) is 7.97. The minimum absolute atomic E-state index is 0.490. The summed E-state index contributed by atoms with van der Waals surface area (Å²) in [6.07, 6.45) is 6.99. The minimum atomic E-state index is -0.490. The highest BCUT2D eigenvalue weighted by molar-refractivity contribution is 5.22. The maximum absolute atomic E-state index is 9.58. The second-order valence-corrected chi connectivity index (χ2v) is 5.72. The van der Waals surface area contributed by atoms with E-state index in [0.717, 1.165) is 12.8 Å². The Hall–Kier alpha value is -0.820. The molecule has 1 rings (SSSR count). The first-order valence-electron chi connectivity index (χ1n) is 6.75. The summed E-state index contributed by atoms with van der Waals surface area (Å²) < 4.78 is 0. The average Bonchev–Trinajstić information content (AvgIpc) is 2.22. The number of rotatable bonds is 7. The maximum atomic E-state index is 9.58. The summed E-state index contributed by atoms with van der Waals surface area (Å²) in [7, 11) is 0. The van der Waals surface area contributed by atoms with Crippen LogP contribution in [0, 0.1) is 6.92 Å². The van der Waals surface area contributed by atoms with E-state index in [2.05, 4.69) is 31.2 Å². The van der Waals surface area contributed by atoms with Gasteiger partial charge < -0.3 is 5.11 Å². The quantitative estimate of drug-likeness (QED) is 0.699. The zero-order valence-corrected chi connectivity index (χ0v) is 11.5. The monoisotopic (exact) mass is 234 g/mol. The van der Waals surface area contributed by atoms with E-state index in [0.29, 0.717) is 0 Å². The maximum Gasteiger partial charge on any atom is 0.0591 e. The largest absolute Gasteiger partial charge is 0.390 e. The third-order valence-corrected chi connectivity index (χ3v) is 3.09. The van der Waals surface area contributed by atoms with Crippen molar-refractivity contribution in [2.45, 2.75) is 64.9 Å². The highest BCUT2D eigenvalue weighted by atomic mass is 16.3. The van der Waals surface area contributed by atoms with Crippen LogP contribution in [-0.2, 0) is 6.42 Å². The molecule has 0 amide bonds. The normalized spacial score (nSPS) is 11.8. The first-order valence-corrected chi connectivity index (χ1v) is 6.75. The van der Waals surface area contributed by atoms with Crippen molar-refractivity contribution in [3.05, 3.63) is 35.4 Å². The van der Waals surface area contributed by atoms with Crippen molar-refractivity contribution < 1.29 is 5.11 Å². The van der Waals surface area contributed by atoms with Gasteiger partial charge in [0.15, 0.2) is 0 Å². The summed E-state index contributed by atoms with van der Waals surface area (Å²) in [5.74, 6) is 0. The molecule has 0 atom stereocenters. The number of hydrogen-bond acceptors (Lipinski definition) is 1. The van der Waals surface area contributed by atoms with Crippen LogP contribution in [0.15, 0.2) is 24.3 Å². The fourth-order valence-electron chi connectivity index (χ4n) is 2.11. The topological polar surface area (TPSA) is 20.2 Å². The van der Waals surface area contributed by atoms with Crippen molar-refractivity contribution in [2.24, 2.45) is 0 Å². The van der Waals surface area contributed by atoms with Crippen LogP contribution in [0.1, 0.15) is 57.1 Å². The van der Waals surface area contributed by atoms with E-state index in [9.17, 15) is 5.11 Å². The van der Waals surface area contributed by atoms with Gasteiger partial charge in [0.1, 0.15) is 0 Å². The molecule has 1 aromatic rings. The van der Waals surface area contributed by atoms with E-state index in [1.807, 2.05) is 13.8 Å². The van der Waals surface area contributed by atoms with Gasteiger partial charge >= 0.3 is 0 Å². The molecule has 1 heteroatoms. The predicted molar refractivity (Wildman–Crippen MR) is 74.3 cm³/mol. The third kappa shape index (κ3) is 7.17. The van der Waals surface area contributed by atoms with Gasteiger partial charge in [-0.2, -0.15) is 0 Å². The van der Waals surface area contributed by atoms with E-state index in [4.69, 9.17) is 0 Å². The molecule has 0 unspecified atom stereocenters. The Morgan fingerprint density at radius 3 is 2.41 bits per heavy atom. The molecule has 0 fully saturated rings. The predicted octanol–water partition coefficient (Wildman–Crippen LogP) is 4.26. The van der Waals surface area contributed by atoms with Crippen molar-refractivity contribution in [1.29, 1.82) is 0 Å². The Balaban J connectivity index is 2.09. The van der Waals surface area contributed by atoms with Crippen LogP contribution in [-0.4, -0.2) is 10.7 Å². The van der Waals surface area contributed by atoms with Gasteiger partial charge in [-0.3, -0.25) is 0 Å². The average molecular weight is 234 g/mol. The Labute approximate surface area is 106 Å². The molecule has 0 aliphatic carbocycles. The molecule has 0 bridgehead atoms. The number of hydrogen-bond donors (Lipinski definition) is 1. The lowest BCUT2D eigenvalue weighted by molar-refractivity contribution is 0.0680. The Morgan fingerprint density at radius 1 is 1.06 bits per heavy atom. The lowest BCUT2D eigenvalue weighted by Crippen LogP contribution is -2.17. The van der Waals surface area contributed by atoms with Gasteiger partial charge in [0.05, 0.1) is 5.60 Å². The molecule has 0 radical (unpaired) electrons.